The van der Waals surface area contributed by atoms with Gasteiger partial charge in [0.2, 0.25) is 0 Å². The topological polar surface area (TPSA) is 38.7 Å². The molecule has 0 aliphatic heterocycles. The Balaban J connectivity index is 1.30. The first-order valence-electron chi connectivity index (χ1n) is 14.9. The van der Waals surface area contributed by atoms with Crippen LogP contribution in [0.5, 0.6) is 0 Å². The van der Waals surface area contributed by atoms with Crippen molar-refractivity contribution in [2.45, 2.75) is 0 Å². The molecule has 45 heavy (non-hydrogen) atoms. The molecule has 0 saturated heterocycles. The fraction of sp³-hybridized carbons (Fsp3) is 0. The summed E-state index contributed by atoms with van der Waals surface area (Å²) in [5.41, 5.74) is 9.34. The van der Waals surface area contributed by atoms with Crippen LogP contribution in [0.1, 0.15) is 0 Å². The van der Waals surface area contributed by atoms with Crippen molar-refractivity contribution in [3.63, 3.8) is 0 Å². The normalized spacial score (nSPS) is 11.2. The van der Waals surface area contributed by atoms with Crippen LogP contribution in [-0.2, 0) is 0 Å². The predicted molar refractivity (Wildman–Crippen MR) is 195 cm³/mol. The standard InChI is InChI=1S/C41H26IN3/c42-38-23-36(32-16-14-27-7-1-3-9-29(27)19-32)22-37(24-38)40-25-39(33-12-5-11-31(20-33)35-13-6-18-43-26-35)44-41(45-40)34-17-15-28-8-2-4-10-30(28)21-34/h1-26H. The number of pyridine rings is 1. The molecule has 2 aromatic heterocycles. The highest BCUT2D eigenvalue weighted by Crippen LogP contribution is 2.34. The summed E-state index contributed by atoms with van der Waals surface area (Å²) in [6.07, 6.45) is 3.69. The maximum Gasteiger partial charge on any atom is 0.160 e. The van der Waals surface area contributed by atoms with E-state index in [4.69, 9.17) is 9.97 Å². The molecule has 8 aromatic rings. The highest BCUT2D eigenvalue weighted by molar-refractivity contribution is 14.1. The third-order valence-corrected chi connectivity index (χ3v) is 8.79. The number of rotatable bonds is 5. The SMILES string of the molecule is Ic1cc(-c2ccc3ccccc3c2)cc(-c2cc(-c3cccc(-c4cccnc4)c3)nc(-c3ccc4ccccc4c3)n2)c1. The fourth-order valence-electron chi connectivity index (χ4n) is 5.87. The van der Waals surface area contributed by atoms with E-state index >= 15 is 0 Å². The van der Waals surface area contributed by atoms with Gasteiger partial charge in [0.05, 0.1) is 11.4 Å². The van der Waals surface area contributed by atoms with Gasteiger partial charge in [0.25, 0.3) is 0 Å². The molecule has 0 bridgehead atoms. The molecule has 0 saturated carbocycles. The van der Waals surface area contributed by atoms with E-state index in [0.717, 1.165) is 53.7 Å². The van der Waals surface area contributed by atoms with E-state index in [0.29, 0.717) is 5.82 Å². The lowest BCUT2D eigenvalue weighted by Crippen LogP contribution is -1.97. The third kappa shape index (κ3) is 5.61. The lowest BCUT2D eigenvalue weighted by atomic mass is 9.98. The number of aromatic nitrogens is 3. The molecule has 0 atom stereocenters. The van der Waals surface area contributed by atoms with Gasteiger partial charge in [0, 0.05) is 38.2 Å². The number of hydrogen-bond donors (Lipinski definition) is 0. The van der Waals surface area contributed by atoms with Gasteiger partial charge in [-0.05, 0) is 109 Å². The second kappa shape index (κ2) is 11.7. The first-order valence-corrected chi connectivity index (χ1v) is 15.9. The Hall–Kier alpha value is -5.20. The minimum absolute atomic E-state index is 0.700. The van der Waals surface area contributed by atoms with Gasteiger partial charge in [0.1, 0.15) is 0 Å². The summed E-state index contributed by atoms with van der Waals surface area (Å²) in [6.45, 7) is 0. The lowest BCUT2D eigenvalue weighted by Gasteiger charge is -2.13. The van der Waals surface area contributed by atoms with Crippen LogP contribution in [0.25, 0.3) is 77.7 Å². The molecule has 4 heteroatoms. The number of hydrogen-bond acceptors (Lipinski definition) is 3. The lowest BCUT2D eigenvalue weighted by molar-refractivity contribution is 1.18. The maximum atomic E-state index is 5.19. The maximum absolute atomic E-state index is 5.19. The second-order valence-electron chi connectivity index (χ2n) is 11.1. The Kier molecular flexibility index (Phi) is 7.12. The molecule has 8 rings (SSSR count). The minimum atomic E-state index is 0.700. The van der Waals surface area contributed by atoms with E-state index in [1.165, 1.54) is 21.7 Å². The van der Waals surface area contributed by atoms with Gasteiger partial charge >= 0.3 is 0 Å². The van der Waals surface area contributed by atoms with Gasteiger partial charge in [0.15, 0.2) is 5.82 Å². The van der Waals surface area contributed by atoms with Crippen LogP contribution in [0.3, 0.4) is 0 Å². The number of benzene rings is 6. The largest absolute Gasteiger partial charge is 0.264 e. The van der Waals surface area contributed by atoms with Crippen LogP contribution in [0.15, 0.2) is 158 Å². The predicted octanol–water partition coefficient (Wildman–Crippen LogP) is 11.1. The highest BCUT2D eigenvalue weighted by Gasteiger charge is 2.14. The molecule has 0 aliphatic carbocycles. The van der Waals surface area contributed by atoms with Crippen molar-refractivity contribution in [2.24, 2.45) is 0 Å². The molecule has 0 fully saturated rings. The van der Waals surface area contributed by atoms with Crippen molar-refractivity contribution in [2.75, 3.05) is 0 Å². The van der Waals surface area contributed by atoms with E-state index in [1.807, 2.05) is 12.3 Å². The van der Waals surface area contributed by atoms with E-state index in [-0.39, 0.29) is 0 Å². The van der Waals surface area contributed by atoms with Crippen LogP contribution < -0.4 is 0 Å². The van der Waals surface area contributed by atoms with E-state index in [9.17, 15) is 0 Å². The monoisotopic (exact) mass is 687 g/mol. The van der Waals surface area contributed by atoms with Gasteiger partial charge in [-0.3, -0.25) is 4.98 Å². The summed E-state index contributed by atoms with van der Waals surface area (Å²) in [7, 11) is 0. The average Bonchev–Trinajstić information content (AvgIpc) is 3.11. The Morgan fingerprint density at radius 3 is 1.69 bits per heavy atom. The molecule has 212 valence electrons. The van der Waals surface area contributed by atoms with Gasteiger partial charge in [-0.2, -0.15) is 0 Å². The van der Waals surface area contributed by atoms with Gasteiger partial charge in [-0.1, -0.05) is 97.1 Å². The van der Waals surface area contributed by atoms with E-state index in [2.05, 4.69) is 167 Å². The number of nitrogens with zero attached hydrogens (tertiary/aromatic N) is 3. The summed E-state index contributed by atoms with van der Waals surface area (Å²) in [5.74, 6) is 0.700. The quantitative estimate of drug-likeness (QED) is 0.169. The third-order valence-electron chi connectivity index (χ3n) is 8.16. The Morgan fingerprint density at radius 2 is 0.956 bits per heavy atom. The molecular weight excluding hydrogens is 661 g/mol. The van der Waals surface area contributed by atoms with Gasteiger partial charge < -0.3 is 0 Å². The Labute approximate surface area is 275 Å². The average molecular weight is 688 g/mol. The molecule has 3 nitrogen and oxygen atoms in total. The van der Waals surface area contributed by atoms with Crippen molar-refractivity contribution >= 4 is 44.1 Å². The summed E-state index contributed by atoms with van der Waals surface area (Å²) in [5, 5.41) is 4.82. The number of halogens is 1. The van der Waals surface area contributed by atoms with E-state index < -0.39 is 0 Å². The first kappa shape index (κ1) is 27.4. The smallest absolute Gasteiger partial charge is 0.160 e. The zero-order valence-electron chi connectivity index (χ0n) is 24.2. The van der Waals surface area contributed by atoms with Crippen molar-refractivity contribution < 1.29 is 0 Å². The summed E-state index contributed by atoms with van der Waals surface area (Å²) in [4.78, 5) is 14.7. The van der Waals surface area contributed by atoms with Crippen molar-refractivity contribution in [3.05, 3.63) is 162 Å². The van der Waals surface area contributed by atoms with Crippen LogP contribution >= 0.6 is 22.6 Å². The van der Waals surface area contributed by atoms with Crippen molar-refractivity contribution in [1.29, 1.82) is 0 Å². The summed E-state index contributed by atoms with van der Waals surface area (Å²) >= 11 is 2.41. The summed E-state index contributed by atoms with van der Waals surface area (Å²) in [6, 6.07) is 51.3. The van der Waals surface area contributed by atoms with Crippen LogP contribution in [-0.4, -0.2) is 15.0 Å². The van der Waals surface area contributed by atoms with Crippen LogP contribution in [0, 0.1) is 3.57 Å². The van der Waals surface area contributed by atoms with Crippen molar-refractivity contribution in [3.8, 4) is 56.2 Å². The molecule has 0 radical (unpaired) electrons. The van der Waals surface area contributed by atoms with Gasteiger partial charge in [-0.15, -0.1) is 0 Å². The summed E-state index contributed by atoms with van der Waals surface area (Å²) < 4.78 is 1.15. The molecule has 0 N–H and O–H groups in total. The Bertz CT molecular complexity index is 2350. The molecule has 0 spiro atoms. The van der Waals surface area contributed by atoms with Crippen molar-refractivity contribution in [1.82, 2.24) is 15.0 Å². The molecule has 0 aliphatic rings. The minimum Gasteiger partial charge on any atom is -0.264 e. The zero-order chi connectivity index (χ0) is 30.2. The molecule has 2 heterocycles. The van der Waals surface area contributed by atoms with Gasteiger partial charge in [-0.25, -0.2) is 9.97 Å². The van der Waals surface area contributed by atoms with Crippen LogP contribution in [0.2, 0.25) is 0 Å². The Morgan fingerprint density at radius 1 is 0.378 bits per heavy atom. The number of fused-ring (bicyclic) bond motifs is 2. The fourth-order valence-corrected chi connectivity index (χ4v) is 6.54. The molecule has 0 unspecified atom stereocenters. The van der Waals surface area contributed by atoms with E-state index in [1.54, 1.807) is 6.20 Å². The highest BCUT2D eigenvalue weighted by atomic mass is 127. The second-order valence-corrected chi connectivity index (χ2v) is 12.4. The first-order chi connectivity index (χ1) is 22.2. The molecular formula is C41H26IN3. The molecule has 6 aromatic carbocycles. The van der Waals surface area contributed by atoms with Crippen LogP contribution in [0.4, 0.5) is 0 Å². The molecule has 0 amide bonds. The zero-order valence-corrected chi connectivity index (χ0v) is 26.4.